The molecule has 1 heterocycles. The molecule has 0 radical (unpaired) electrons. The summed E-state index contributed by atoms with van der Waals surface area (Å²) in [5.41, 5.74) is 2.29. The first-order chi connectivity index (χ1) is 12.9. The van der Waals surface area contributed by atoms with Gasteiger partial charge in [0.2, 0.25) is 0 Å². The summed E-state index contributed by atoms with van der Waals surface area (Å²) in [5, 5.41) is 0. The van der Waals surface area contributed by atoms with Crippen molar-refractivity contribution < 1.29 is 4.79 Å². The van der Waals surface area contributed by atoms with Crippen LogP contribution < -0.4 is 4.90 Å². The molecule has 0 atom stereocenters. The van der Waals surface area contributed by atoms with E-state index in [0.29, 0.717) is 12.8 Å². The largest absolute Gasteiger partial charge is 0.343 e. The van der Waals surface area contributed by atoms with Crippen LogP contribution in [0.5, 0.6) is 0 Å². The zero-order valence-electron chi connectivity index (χ0n) is 16.2. The highest BCUT2D eigenvalue weighted by Crippen LogP contribution is 2.47. The third kappa shape index (κ3) is 3.35. The van der Waals surface area contributed by atoms with Gasteiger partial charge in [0.1, 0.15) is 0 Å². The second kappa shape index (κ2) is 7.75. The fourth-order valence-electron chi connectivity index (χ4n) is 3.66. The summed E-state index contributed by atoms with van der Waals surface area (Å²) >= 11 is 1.75. The Morgan fingerprint density at radius 3 is 2.33 bits per heavy atom. The number of rotatable bonds is 7. The van der Waals surface area contributed by atoms with Crippen LogP contribution in [0.4, 0.5) is 11.4 Å². The average Bonchev–Trinajstić information content (AvgIpc) is 2.67. The second-order valence-electron chi connectivity index (χ2n) is 7.05. The number of likely N-dealkylation sites (N-methyl/N-ethyl adjacent to an activating group) is 1. The fraction of sp³-hybridized carbons (Fsp3) is 0.261. The van der Waals surface area contributed by atoms with E-state index < -0.39 is 5.54 Å². The van der Waals surface area contributed by atoms with Gasteiger partial charge in [-0.2, -0.15) is 0 Å². The first-order valence-corrected chi connectivity index (χ1v) is 9.85. The van der Waals surface area contributed by atoms with Crippen LogP contribution in [0.1, 0.15) is 23.2 Å². The first-order valence-electron chi connectivity index (χ1n) is 9.03. The number of ketones is 1. The number of benzene rings is 2. The lowest BCUT2D eigenvalue weighted by Crippen LogP contribution is -2.50. The lowest BCUT2D eigenvalue weighted by Gasteiger charge is -2.38. The van der Waals surface area contributed by atoms with Gasteiger partial charge in [0.05, 0.1) is 16.9 Å². The molecule has 0 bridgehead atoms. The topological polar surface area (TPSA) is 23.6 Å². The van der Waals surface area contributed by atoms with Crippen molar-refractivity contribution in [3.05, 3.63) is 73.3 Å². The van der Waals surface area contributed by atoms with E-state index in [2.05, 4.69) is 49.4 Å². The molecule has 2 aromatic carbocycles. The molecule has 140 valence electrons. The molecule has 4 heteroatoms. The Hall–Kier alpha value is -2.30. The second-order valence-corrected chi connectivity index (χ2v) is 8.14. The Kier molecular flexibility index (Phi) is 5.59. The minimum absolute atomic E-state index is 0.104. The number of anilines is 2. The van der Waals surface area contributed by atoms with Crippen LogP contribution in [0.2, 0.25) is 0 Å². The maximum absolute atomic E-state index is 13.6. The molecule has 3 nitrogen and oxygen atoms in total. The van der Waals surface area contributed by atoms with Crippen LogP contribution in [-0.2, 0) is 0 Å². The van der Waals surface area contributed by atoms with Gasteiger partial charge >= 0.3 is 0 Å². The van der Waals surface area contributed by atoms with Crippen LogP contribution in [-0.4, -0.2) is 37.4 Å². The summed E-state index contributed by atoms with van der Waals surface area (Å²) < 4.78 is 0. The van der Waals surface area contributed by atoms with Gasteiger partial charge in [0, 0.05) is 22.4 Å². The maximum Gasteiger partial charge on any atom is 0.183 e. The summed E-state index contributed by atoms with van der Waals surface area (Å²) in [4.78, 5) is 20.1. The van der Waals surface area contributed by atoms with Gasteiger partial charge in [-0.3, -0.25) is 9.69 Å². The Labute approximate surface area is 166 Å². The van der Waals surface area contributed by atoms with Crippen molar-refractivity contribution in [1.82, 2.24) is 4.90 Å². The molecule has 0 saturated heterocycles. The number of carbonyl (C=O) groups excluding carboxylic acids is 1. The zero-order valence-corrected chi connectivity index (χ0v) is 17.1. The molecule has 1 aliphatic heterocycles. The molecule has 3 rings (SSSR count). The normalized spacial score (nSPS) is 13.1. The Morgan fingerprint density at radius 2 is 1.70 bits per heavy atom. The SMILES string of the molecule is C=CCC(CC=C)(C(=O)c1ccc2c(c1)N(C)c1ccccc1S2)N(C)C. The van der Waals surface area contributed by atoms with Crippen molar-refractivity contribution in [3.63, 3.8) is 0 Å². The smallest absolute Gasteiger partial charge is 0.183 e. The average molecular weight is 379 g/mol. The number of hydrogen-bond donors (Lipinski definition) is 0. The van der Waals surface area contributed by atoms with Crippen LogP contribution >= 0.6 is 11.8 Å². The van der Waals surface area contributed by atoms with Gasteiger partial charge in [0.15, 0.2) is 5.78 Å². The Bertz CT molecular complexity index is 878. The van der Waals surface area contributed by atoms with Gasteiger partial charge in [-0.1, -0.05) is 42.1 Å². The van der Waals surface area contributed by atoms with E-state index in [-0.39, 0.29) is 5.78 Å². The Morgan fingerprint density at radius 1 is 1.07 bits per heavy atom. The molecule has 2 aromatic rings. The van der Waals surface area contributed by atoms with E-state index in [9.17, 15) is 4.79 Å². The molecule has 0 saturated carbocycles. The molecular weight excluding hydrogens is 352 g/mol. The van der Waals surface area contributed by atoms with E-state index in [1.54, 1.807) is 11.8 Å². The number of fused-ring (bicyclic) bond motifs is 2. The highest BCUT2D eigenvalue weighted by molar-refractivity contribution is 7.99. The van der Waals surface area contributed by atoms with Gasteiger partial charge in [-0.25, -0.2) is 0 Å². The van der Waals surface area contributed by atoms with Crippen LogP contribution in [0.15, 0.2) is 77.6 Å². The lowest BCUT2D eigenvalue weighted by atomic mass is 9.82. The lowest BCUT2D eigenvalue weighted by molar-refractivity contribution is 0.0690. The van der Waals surface area contributed by atoms with E-state index >= 15 is 0 Å². The molecule has 0 unspecified atom stereocenters. The van der Waals surface area contributed by atoms with Crippen LogP contribution in [0.3, 0.4) is 0 Å². The van der Waals surface area contributed by atoms with Gasteiger partial charge in [0.25, 0.3) is 0 Å². The summed E-state index contributed by atoms with van der Waals surface area (Å²) in [5.74, 6) is 0.104. The molecule has 1 aliphatic rings. The van der Waals surface area contributed by atoms with E-state index in [4.69, 9.17) is 0 Å². The van der Waals surface area contributed by atoms with Crippen molar-refractivity contribution in [3.8, 4) is 0 Å². The monoisotopic (exact) mass is 378 g/mol. The third-order valence-corrected chi connectivity index (χ3v) is 6.40. The standard InChI is InChI=1S/C23H26N2OS/c1-6-14-23(15-7-2,24(3)4)22(26)17-12-13-21-19(16-17)25(5)18-10-8-9-11-20(18)27-21/h6-13,16H,1-2,14-15H2,3-5H3. The molecule has 0 fully saturated rings. The van der Waals surface area contributed by atoms with Crippen molar-refractivity contribution >= 4 is 28.9 Å². The van der Waals surface area contributed by atoms with Gasteiger partial charge in [-0.05, 0) is 51.2 Å². The maximum atomic E-state index is 13.6. The minimum atomic E-state index is -0.657. The highest BCUT2D eigenvalue weighted by atomic mass is 32.2. The molecule has 0 N–H and O–H groups in total. The summed E-state index contributed by atoms with van der Waals surface area (Å²) in [6, 6.07) is 14.4. The zero-order chi connectivity index (χ0) is 19.6. The number of carbonyl (C=O) groups is 1. The van der Waals surface area contributed by atoms with Gasteiger partial charge in [-0.15, -0.1) is 13.2 Å². The molecular formula is C23H26N2OS. The van der Waals surface area contributed by atoms with E-state index in [0.717, 1.165) is 21.8 Å². The minimum Gasteiger partial charge on any atom is -0.343 e. The quantitative estimate of drug-likeness (QED) is 0.465. The number of nitrogens with zero attached hydrogens (tertiary/aromatic N) is 2. The predicted octanol–water partition coefficient (Wildman–Crippen LogP) is 5.55. The first kappa shape index (κ1) is 19.5. The van der Waals surface area contributed by atoms with Gasteiger partial charge < -0.3 is 4.90 Å². The number of hydrogen-bond acceptors (Lipinski definition) is 4. The molecule has 0 aliphatic carbocycles. The third-order valence-electron chi connectivity index (χ3n) is 5.27. The van der Waals surface area contributed by atoms with Crippen molar-refractivity contribution in [2.75, 3.05) is 26.0 Å². The molecule has 0 spiro atoms. The fourth-order valence-corrected chi connectivity index (χ4v) is 4.79. The summed E-state index contributed by atoms with van der Waals surface area (Å²) in [7, 11) is 5.95. The van der Waals surface area contributed by atoms with E-state index in [1.807, 2.05) is 49.3 Å². The molecule has 0 aromatic heterocycles. The van der Waals surface area contributed by atoms with Crippen LogP contribution in [0.25, 0.3) is 0 Å². The van der Waals surface area contributed by atoms with Crippen molar-refractivity contribution in [2.24, 2.45) is 0 Å². The number of Topliss-reactive ketones (excluding diaryl/α,β-unsaturated/α-hetero) is 1. The van der Waals surface area contributed by atoms with E-state index in [1.165, 1.54) is 4.90 Å². The predicted molar refractivity (Wildman–Crippen MR) is 115 cm³/mol. The molecule has 27 heavy (non-hydrogen) atoms. The van der Waals surface area contributed by atoms with Crippen molar-refractivity contribution in [2.45, 2.75) is 28.2 Å². The van der Waals surface area contributed by atoms with Crippen molar-refractivity contribution in [1.29, 1.82) is 0 Å². The molecule has 0 amide bonds. The summed E-state index contributed by atoms with van der Waals surface area (Å²) in [6.45, 7) is 7.74. The highest BCUT2D eigenvalue weighted by Gasteiger charge is 2.39. The summed E-state index contributed by atoms with van der Waals surface area (Å²) in [6.07, 6.45) is 4.79. The Balaban J connectivity index is 2.04. The number of para-hydroxylation sites is 1. The van der Waals surface area contributed by atoms with Crippen LogP contribution in [0, 0.1) is 0 Å².